The van der Waals surface area contributed by atoms with E-state index in [4.69, 9.17) is 11.6 Å². The van der Waals surface area contributed by atoms with Crippen molar-refractivity contribution in [3.8, 4) is 0 Å². The van der Waals surface area contributed by atoms with Crippen LogP contribution in [0.1, 0.15) is 52.1 Å². The smallest absolute Gasteiger partial charge is 0.253 e. The first-order valence-corrected chi connectivity index (χ1v) is 12.1. The largest absolute Gasteiger partial charge is 0.345 e. The number of piperidine rings is 1. The first-order valence-electron chi connectivity index (χ1n) is 11.7. The molecule has 2 N–H and O–H groups in total. The normalized spacial score (nSPS) is 14.7. The van der Waals surface area contributed by atoms with E-state index in [1.165, 1.54) is 0 Å². The Balaban J connectivity index is 1.35. The van der Waals surface area contributed by atoms with Gasteiger partial charge in [-0.05, 0) is 61.7 Å². The average Bonchev–Trinajstić information content (AvgIpc) is 2.89. The Morgan fingerprint density at radius 2 is 1.51 bits per heavy atom. The minimum atomic E-state index is -0.249. The summed E-state index contributed by atoms with van der Waals surface area (Å²) in [6, 6.07) is 23.4. The van der Waals surface area contributed by atoms with E-state index in [9.17, 15) is 14.4 Å². The Hall–Kier alpha value is -3.64. The van der Waals surface area contributed by atoms with Gasteiger partial charge in [-0.15, -0.1) is 0 Å². The van der Waals surface area contributed by atoms with Gasteiger partial charge in [-0.2, -0.15) is 0 Å². The van der Waals surface area contributed by atoms with Crippen LogP contribution in [0, 0.1) is 5.92 Å². The van der Waals surface area contributed by atoms with E-state index in [-0.39, 0.29) is 29.7 Å². The quantitative estimate of drug-likeness (QED) is 0.491. The summed E-state index contributed by atoms with van der Waals surface area (Å²) in [7, 11) is 0. The summed E-state index contributed by atoms with van der Waals surface area (Å²) in [5, 5.41) is 6.52. The van der Waals surface area contributed by atoms with Crippen LogP contribution in [0.3, 0.4) is 0 Å². The summed E-state index contributed by atoms with van der Waals surface area (Å²) in [6.07, 6.45) is 1.12. The lowest BCUT2D eigenvalue weighted by molar-refractivity contribution is -0.121. The molecule has 1 saturated heterocycles. The zero-order valence-electron chi connectivity index (χ0n) is 19.5. The zero-order valence-corrected chi connectivity index (χ0v) is 20.3. The molecule has 3 aromatic rings. The van der Waals surface area contributed by atoms with Gasteiger partial charge in [-0.25, -0.2) is 0 Å². The molecule has 4 rings (SSSR count). The highest BCUT2D eigenvalue weighted by atomic mass is 35.5. The van der Waals surface area contributed by atoms with Crippen LogP contribution in [0.15, 0.2) is 78.9 Å². The highest BCUT2D eigenvalue weighted by Crippen LogP contribution is 2.24. The molecular formula is C28H28ClN3O3. The second kappa shape index (κ2) is 11.2. The van der Waals surface area contributed by atoms with Crippen molar-refractivity contribution in [3.05, 3.63) is 101 Å². The van der Waals surface area contributed by atoms with Crippen molar-refractivity contribution in [2.24, 2.45) is 5.92 Å². The molecule has 0 saturated carbocycles. The summed E-state index contributed by atoms with van der Waals surface area (Å²) >= 11 is 5.91. The molecule has 0 aliphatic carbocycles. The van der Waals surface area contributed by atoms with Crippen LogP contribution in [0.2, 0.25) is 5.02 Å². The van der Waals surface area contributed by atoms with Crippen molar-refractivity contribution in [1.82, 2.24) is 10.2 Å². The predicted molar refractivity (Wildman–Crippen MR) is 137 cm³/mol. The molecule has 0 bridgehead atoms. The lowest BCUT2D eigenvalue weighted by Crippen LogP contribution is -2.41. The maximum Gasteiger partial charge on any atom is 0.253 e. The average molecular weight is 490 g/mol. The maximum atomic E-state index is 13.0. The predicted octanol–water partition coefficient (Wildman–Crippen LogP) is 5.32. The van der Waals surface area contributed by atoms with E-state index in [1.54, 1.807) is 53.4 Å². The van der Waals surface area contributed by atoms with Gasteiger partial charge in [0.05, 0.1) is 17.3 Å². The molecule has 0 aromatic heterocycles. The monoisotopic (exact) mass is 489 g/mol. The number of amides is 3. The minimum Gasteiger partial charge on any atom is -0.345 e. The maximum absolute atomic E-state index is 13.0. The highest BCUT2D eigenvalue weighted by Gasteiger charge is 2.28. The number of halogens is 1. The second-order valence-corrected chi connectivity index (χ2v) is 9.15. The fraction of sp³-hybridized carbons (Fsp3) is 0.250. The molecule has 1 heterocycles. The third-order valence-electron chi connectivity index (χ3n) is 6.32. The van der Waals surface area contributed by atoms with Crippen LogP contribution in [0.25, 0.3) is 0 Å². The number of nitrogens with one attached hydrogen (secondary N) is 2. The van der Waals surface area contributed by atoms with Crippen LogP contribution in [-0.2, 0) is 4.79 Å². The van der Waals surface area contributed by atoms with Gasteiger partial charge in [0.25, 0.3) is 11.8 Å². The Bertz CT molecular complexity index is 1190. The van der Waals surface area contributed by atoms with Gasteiger partial charge < -0.3 is 15.5 Å². The van der Waals surface area contributed by atoms with Crippen LogP contribution in [0.4, 0.5) is 5.69 Å². The van der Waals surface area contributed by atoms with E-state index >= 15 is 0 Å². The molecule has 0 spiro atoms. The number of para-hydroxylation sites is 1. The number of likely N-dealkylation sites (tertiary alicyclic amines) is 1. The van der Waals surface area contributed by atoms with Crippen molar-refractivity contribution in [2.45, 2.75) is 25.8 Å². The van der Waals surface area contributed by atoms with Gasteiger partial charge in [-0.1, -0.05) is 54.1 Å². The van der Waals surface area contributed by atoms with Gasteiger partial charge in [0.2, 0.25) is 5.91 Å². The molecule has 0 radical (unpaired) electrons. The summed E-state index contributed by atoms with van der Waals surface area (Å²) in [5.41, 5.74) is 2.48. The summed E-state index contributed by atoms with van der Waals surface area (Å²) < 4.78 is 0. The Labute approximate surface area is 210 Å². The minimum absolute atomic E-state index is 0.0601. The van der Waals surface area contributed by atoms with Crippen LogP contribution in [-0.4, -0.2) is 35.7 Å². The molecule has 1 atom stereocenters. The van der Waals surface area contributed by atoms with Crippen LogP contribution >= 0.6 is 11.6 Å². The third kappa shape index (κ3) is 6.08. The highest BCUT2D eigenvalue weighted by molar-refractivity contribution is 6.30. The first kappa shape index (κ1) is 24.5. The Morgan fingerprint density at radius 1 is 0.886 bits per heavy atom. The Kier molecular flexibility index (Phi) is 7.83. The fourth-order valence-corrected chi connectivity index (χ4v) is 4.37. The van der Waals surface area contributed by atoms with Crippen molar-refractivity contribution in [1.29, 1.82) is 0 Å². The van der Waals surface area contributed by atoms with Crippen LogP contribution in [0.5, 0.6) is 0 Å². The van der Waals surface area contributed by atoms with Crippen molar-refractivity contribution >= 4 is 35.0 Å². The van der Waals surface area contributed by atoms with E-state index in [0.717, 1.165) is 5.56 Å². The van der Waals surface area contributed by atoms with Crippen molar-refractivity contribution < 1.29 is 14.4 Å². The van der Waals surface area contributed by atoms with Gasteiger partial charge in [0.15, 0.2) is 0 Å². The number of nitrogens with zero attached hydrogens (tertiary/aromatic N) is 1. The van der Waals surface area contributed by atoms with E-state index in [1.807, 2.05) is 37.3 Å². The van der Waals surface area contributed by atoms with E-state index in [2.05, 4.69) is 10.6 Å². The lowest BCUT2D eigenvalue weighted by Gasteiger charge is -2.31. The summed E-state index contributed by atoms with van der Waals surface area (Å²) in [6.45, 7) is 2.92. The molecule has 7 heteroatoms. The number of hydrogen-bond donors (Lipinski definition) is 2. The zero-order chi connectivity index (χ0) is 24.8. The molecule has 6 nitrogen and oxygen atoms in total. The topological polar surface area (TPSA) is 78.5 Å². The lowest BCUT2D eigenvalue weighted by atomic mass is 9.95. The number of carbonyl (C=O) groups excluding carboxylic acids is 3. The number of rotatable bonds is 6. The molecular weight excluding hydrogens is 462 g/mol. The number of hydrogen-bond acceptors (Lipinski definition) is 3. The molecule has 1 aliphatic rings. The number of anilines is 1. The third-order valence-corrected chi connectivity index (χ3v) is 6.57. The molecule has 1 fully saturated rings. The second-order valence-electron chi connectivity index (χ2n) is 8.71. The van der Waals surface area contributed by atoms with Gasteiger partial charge in [-0.3, -0.25) is 14.4 Å². The molecule has 3 amide bonds. The van der Waals surface area contributed by atoms with Crippen LogP contribution < -0.4 is 10.6 Å². The summed E-state index contributed by atoms with van der Waals surface area (Å²) in [5.74, 6) is -0.681. The Morgan fingerprint density at radius 3 is 2.20 bits per heavy atom. The fourth-order valence-electron chi connectivity index (χ4n) is 4.24. The molecule has 35 heavy (non-hydrogen) atoms. The standard InChI is InChI=1S/C28H28ClN3O3/c1-19(20-7-3-2-4-8-20)30-27(34)24-9-5-6-10-25(24)31-26(33)21-15-17-32(18-16-21)28(35)22-11-13-23(29)14-12-22/h2-14,19,21H,15-18H2,1H3,(H,30,34)(H,31,33). The molecule has 1 aliphatic heterocycles. The molecule has 180 valence electrons. The SMILES string of the molecule is CC(NC(=O)c1ccccc1NC(=O)C1CCN(C(=O)c2ccc(Cl)cc2)CC1)c1ccccc1. The van der Waals surface area contributed by atoms with Crippen molar-refractivity contribution in [3.63, 3.8) is 0 Å². The van der Waals surface area contributed by atoms with Gasteiger partial charge in [0, 0.05) is 29.6 Å². The van der Waals surface area contributed by atoms with E-state index < -0.39 is 0 Å². The van der Waals surface area contributed by atoms with Gasteiger partial charge >= 0.3 is 0 Å². The first-order chi connectivity index (χ1) is 16.9. The summed E-state index contributed by atoms with van der Waals surface area (Å²) in [4.78, 5) is 40.5. The van der Waals surface area contributed by atoms with E-state index in [0.29, 0.717) is 47.8 Å². The number of benzene rings is 3. The molecule has 3 aromatic carbocycles. The van der Waals surface area contributed by atoms with Crippen molar-refractivity contribution in [2.75, 3.05) is 18.4 Å². The number of carbonyl (C=O) groups is 3. The molecule has 1 unspecified atom stereocenters. The van der Waals surface area contributed by atoms with Gasteiger partial charge in [0.1, 0.15) is 0 Å².